The van der Waals surface area contributed by atoms with Gasteiger partial charge in [0.2, 0.25) is 0 Å². The van der Waals surface area contributed by atoms with Crippen molar-refractivity contribution in [1.29, 1.82) is 0 Å². The summed E-state index contributed by atoms with van der Waals surface area (Å²) in [6.45, 7) is 7.97. The van der Waals surface area contributed by atoms with Gasteiger partial charge >= 0.3 is 12.1 Å². The number of methoxy groups -OCH3 is 1. The van der Waals surface area contributed by atoms with Crippen molar-refractivity contribution in [2.75, 3.05) is 19.0 Å². The van der Waals surface area contributed by atoms with Crippen LogP contribution in [-0.2, 0) is 22.4 Å². The van der Waals surface area contributed by atoms with Crippen molar-refractivity contribution in [2.45, 2.75) is 78.0 Å². The minimum Gasteiger partial charge on any atom is -0.493 e. The molecule has 2 aromatic carbocycles. The number of rotatable bonds is 8. The zero-order valence-electron chi connectivity index (χ0n) is 30.6. The number of pyridine rings is 1. The number of amides is 3. The van der Waals surface area contributed by atoms with Crippen molar-refractivity contribution in [1.82, 2.24) is 15.6 Å². The smallest absolute Gasteiger partial charge is 0.407 e. The molecule has 0 radical (unpaired) electrons. The number of alkyl carbamates (subject to hydrolysis) is 1. The van der Waals surface area contributed by atoms with E-state index in [1.54, 1.807) is 62.4 Å². The van der Waals surface area contributed by atoms with E-state index in [0.29, 0.717) is 47.4 Å². The highest BCUT2D eigenvalue weighted by Crippen LogP contribution is 2.45. The summed E-state index contributed by atoms with van der Waals surface area (Å²) in [5, 5.41) is 11.0. The molecule has 2 fully saturated rings. The van der Waals surface area contributed by atoms with Crippen LogP contribution in [0.4, 0.5) is 10.5 Å². The Bertz CT molecular complexity index is 2100. The molecule has 7 rings (SSSR count). The van der Waals surface area contributed by atoms with Crippen molar-refractivity contribution >= 4 is 40.9 Å². The van der Waals surface area contributed by atoms with Crippen LogP contribution >= 0.6 is 11.3 Å². The molecule has 11 nitrogen and oxygen atoms in total. The molecule has 2 aromatic heterocycles. The average Bonchev–Trinajstić information content (AvgIpc) is 3.86. The summed E-state index contributed by atoms with van der Waals surface area (Å²) in [7, 11) is 1.26. The van der Waals surface area contributed by atoms with Crippen LogP contribution in [0.2, 0.25) is 0 Å². The van der Waals surface area contributed by atoms with Gasteiger partial charge in [-0.25, -0.2) is 14.6 Å². The maximum atomic E-state index is 14.4. The lowest BCUT2D eigenvalue weighted by Crippen LogP contribution is -2.39. The van der Waals surface area contributed by atoms with Crippen molar-refractivity contribution in [2.24, 2.45) is 11.8 Å². The van der Waals surface area contributed by atoms with E-state index in [0.717, 1.165) is 46.4 Å². The molecule has 3 atom stereocenters. The number of carbonyl (C=O) groups is 4. The number of carbonyl (C=O) groups excluding carboxylic acids is 4. The molecule has 3 unspecified atom stereocenters. The minimum atomic E-state index is -0.733. The zero-order chi connectivity index (χ0) is 37.4. The molecule has 3 N–H and O–H groups in total. The van der Waals surface area contributed by atoms with E-state index in [1.807, 2.05) is 24.4 Å². The van der Waals surface area contributed by atoms with E-state index in [1.165, 1.54) is 13.5 Å². The van der Waals surface area contributed by atoms with Crippen LogP contribution in [0.15, 0.2) is 53.9 Å². The van der Waals surface area contributed by atoms with Crippen molar-refractivity contribution in [3.63, 3.8) is 0 Å². The number of aromatic nitrogens is 1. The van der Waals surface area contributed by atoms with Crippen molar-refractivity contribution < 1.29 is 33.4 Å². The Hall–Kier alpha value is -5.23. The SMILES string of the molecule is COC(=O)c1nc(C(=O)NC2CC3CCC2C3)ccc1-c1cc2c(cc1C(=O)Nc1ccc(CNC(=O)OC(C)(C)C)cc1C)-c1sccc1CCO2. The van der Waals surface area contributed by atoms with Gasteiger partial charge in [0.05, 0.1) is 13.7 Å². The van der Waals surface area contributed by atoms with Crippen LogP contribution in [0, 0.1) is 18.8 Å². The van der Waals surface area contributed by atoms with Gasteiger partial charge in [0.25, 0.3) is 11.8 Å². The number of thiophene rings is 1. The fourth-order valence-corrected chi connectivity index (χ4v) is 8.68. The van der Waals surface area contributed by atoms with Crippen LogP contribution in [0.5, 0.6) is 5.75 Å². The predicted octanol–water partition coefficient (Wildman–Crippen LogP) is 7.70. The molecule has 2 saturated carbocycles. The number of nitrogens with one attached hydrogen (secondary N) is 3. The molecular formula is C41H44N4O7S. The summed E-state index contributed by atoms with van der Waals surface area (Å²) < 4.78 is 16.7. The van der Waals surface area contributed by atoms with Crippen LogP contribution < -0.4 is 20.7 Å². The molecule has 3 aliphatic rings. The zero-order valence-corrected chi connectivity index (χ0v) is 31.4. The van der Waals surface area contributed by atoms with E-state index in [-0.39, 0.29) is 35.4 Å². The molecule has 4 aromatic rings. The fraction of sp³-hybridized carbons (Fsp3) is 0.390. The third kappa shape index (κ3) is 7.78. The van der Waals surface area contributed by atoms with Crippen LogP contribution in [0.3, 0.4) is 0 Å². The molecule has 3 amide bonds. The monoisotopic (exact) mass is 736 g/mol. The Labute approximate surface area is 312 Å². The van der Waals surface area contributed by atoms with E-state index in [4.69, 9.17) is 14.2 Å². The number of anilines is 1. The Balaban J connectivity index is 1.22. The highest BCUT2D eigenvalue weighted by atomic mass is 32.1. The topological polar surface area (TPSA) is 145 Å². The number of aryl methyl sites for hydroxylation is 1. The lowest BCUT2D eigenvalue weighted by atomic mass is 9.93. The Kier molecular flexibility index (Phi) is 9.99. The normalized spacial score (nSPS) is 18.5. The third-order valence-electron chi connectivity index (χ3n) is 10.2. The minimum absolute atomic E-state index is 0.0782. The first-order valence-electron chi connectivity index (χ1n) is 18.0. The number of nitrogens with zero attached hydrogens (tertiary/aromatic N) is 1. The van der Waals surface area contributed by atoms with Gasteiger partial charge < -0.3 is 30.2 Å². The number of benzene rings is 2. The summed E-state index contributed by atoms with van der Waals surface area (Å²) >= 11 is 1.57. The van der Waals surface area contributed by atoms with E-state index >= 15 is 0 Å². The molecule has 1 aliphatic heterocycles. The fourth-order valence-electron chi connectivity index (χ4n) is 7.70. The van der Waals surface area contributed by atoms with E-state index in [9.17, 15) is 19.2 Å². The summed E-state index contributed by atoms with van der Waals surface area (Å²) in [5.41, 5.74) is 4.53. The molecule has 276 valence electrons. The van der Waals surface area contributed by atoms with Crippen molar-refractivity contribution in [3.8, 4) is 27.3 Å². The summed E-state index contributed by atoms with van der Waals surface area (Å²) in [6.07, 6.45) is 4.61. The second kappa shape index (κ2) is 14.7. The van der Waals surface area contributed by atoms with Gasteiger partial charge in [-0.05, 0) is 117 Å². The second-order valence-electron chi connectivity index (χ2n) is 15.1. The Morgan fingerprint density at radius 1 is 0.962 bits per heavy atom. The molecule has 2 aliphatic carbocycles. The van der Waals surface area contributed by atoms with Crippen LogP contribution in [-0.4, -0.2) is 54.2 Å². The van der Waals surface area contributed by atoms with Crippen molar-refractivity contribution in [3.05, 3.63) is 87.6 Å². The summed E-state index contributed by atoms with van der Waals surface area (Å²) in [6, 6.07) is 14.5. The molecule has 0 spiro atoms. The number of hydrogen-bond acceptors (Lipinski definition) is 9. The molecule has 0 saturated heterocycles. The number of hydrogen-bond donors (Lipinski definition) is 3. The second-order valence-corrected chi connectivity index (χ2v) is 16.0. The summed E-state index contributed by atoms with van der Waals surface area (Å²) in [4.78, 5) is 58.9. The molecule has 2 bridgehead atoms. The van der Waals surface area contributed by atoms with Gasteiger partial charge in [-0.3, -0.25) is 9.59 Å². The number of ether oxygens (including phenoxy) is 3. The predicted molar refractivity (Wildman–Crippen MR) is 202 cm³/mol. The van der Waals surface area contributed by atoms with Gasteiger partial charge in [-0.1, -0.05) is 18.6 Å². The molecule has 12 heteroatoms. The molecule has 3 heterocycles. The first-order valence-corrected chi connectivity index (χ1v) is 18.9. The Morgan fingerprint density at radius 3 is 2.51 bits per heavy atom. The quantitative estimate of drug-likeness (QED) is 0.156. The van der Waals surface area contributed by atoms with Gasteiger partial charge in [0.1, 0.15) is 17.0 Å². The van der Waals surface area contributed by atoms with Gasteiger partial charge in [-0.15, -0.1) is 11.3 Å². The highest BCUT2D eigenvalue weighted by molar-refractivity contribution is 7.13. The number of fused-ring (bicyclic) bond motifs is 5. The standard InChI is InChI=1S/C41H44N4O7S/c1-22-16-24(21-42-40(49)52-41(2,3)4)7-10-31(22)44-37(46)29-19-30-34(51-14-12-25-13-15-53-36(25)30)20-28(29)27-9-11-32(43-35(27)39(48)50-5)38(47)45-33-18-23-6-8-26(33)17-23/h7,9-11,13,15-16,19-20,23,26,33H,6,8,12,14,17-18,21H2,1-5H3,(H,42,49)(H,44,46)(H,45,47). The lowest BCUT2D eigenvalue weighted by molar-refractivity contribution is 0.0522. The third-order valence-corrected chi connectivity index (χ3v) is 11.2. The largest absolute Gasteiger partial charge is 0.493 e. The first kappa shape index (κ1) is 36.1. The van der Waals surface area contributed by atoms with Gasteiger partial charge in [0, 0.05) is 51.8 Å². The van der Waals surface area contributed by atoms with Crippen LogP contribution in [0.25, 0.3) is 21.6 Å². The molecular weight excluding hydrogens is 693 g/mol. The van der Waals surface area contributed by atoms with Gasteiger partial charge in [-0.2, -0.15) is 0 Å². The van der Waals surface area contributed by atoms with Crippen LogP contribution in [0.1, 0.15) is 94.5 Å². The summed E-state index contributed by atoms with van der Waals surface area (Å²) in [5.74, 6) is 0.212. The van der Waals surface area contributed by atoms with E-state index < -0.39 is 23.6 Å². The highest BCUT2D eigenvalue weighted by Gasteiger charge is 2.40. The van der Waals surface area contributed by atoms with Gasteiger partial charge in [0.15, 0.2) is 5.69 Å². The average molecular weight is 737 g/mol. The first-order chi connectivity index (χ1) is 25.4. The maximum Gasteiger partial charge on any atom is 0.407 e. The molecule has 53 heavy (non-hydrogen) atoms. The number of esters is 1. The van der Waals surface area contributed by atoms with E-state index in [2.05, 4.69) is 27.0 Å². The Morgan fingerprint density at radius 2 is 1.79 bits per heavy atom. The lowest BCUT2D eigenvalue weighted by Gasteiger charge is -2.23. The maximum absolute atomic E-state index is 14.4.